The smallest absolute Gasteiger partial charge is 0.249 e. The Bertz CT molecular complexity index is 1150. The van der Waals surface area contributed by atoms with Gasteiger partial charge in [0, 0.05) is 24.8 Å². The second-order valence-electron chi connectivity index (χ2n) is 11.2. The Morgan fingerprint density at radius 1 is 1.00 bits per heavy atom. The van der Waals surface area contributed by atoms with Gasteiger partial charge in [-0.1, -0.05) is 62.8 Å². The summed E-state index contributed by atoms with van der Waals surface area (Å²) in [6.07, 6.45) is 9.84. The minimum absolute atomic E-state index is 0.0185. The van der Waals surface area contributed by atoms with E-state index >= 15 is 0 Å². The molecule has 204 valence electrons. The Morgan fingerprint density at radius 2 is 1.71 bits per heavy atom. The van der Waals surface area contributed by atoms with E-state index in [1.807, 2.05) is 80.3 Å². The molecule has 1 aromatic rings. The number of hydrogen-bond donors (Lipinski definition) is 1. The molecule has 4 aliphatic rings. The highest BCUT2D eigenvalue weighted by Gasteiger charge is 2.75. The van der Waals surface area contributed by atoms with E-state index < -0.39 is 35.1 Å². The molecule has 4 aliphatic heterocycles. The fraction of sp³-hybridized carbons (Fsp3) is 0.567. The highest BCUT2D eigenvalue weighted by Crippen LogP contribution is 2.58. The average molecular weight is 522 g/mol. The third-order valence-electron chi connectivity index (χ3n) is 8.91. The number of rotatable bonds is 7. The van der Waals surface area contributed by atoms with Gasteiger partial charge in [-0.2, -0.15) is 0 Å². The van der Waals surface area contributed by atoms with Crippen molar-refractivity contribution in [3.63, 3.8) is 0 Å². The number of aliphatic hydroxyl groups is 1. The molecule has 8 heteroatoms. The van der Waals surface area contributed by atoms with E-state index in [4.69, 9.17) is 4.74 Å². The fourth-order valence-electron chi connectivity index (χ4n) is 7.10. The first-order chi connectivity index (χ1) is 18.2. The lowest BCUT2D eigenvalue weighted by atomic mass is 9.74. The maximum atomic E-state index is 14.4. The summed E-state index contributed by atoms with van der Waals surface area (Å²) in [7, 11) is 0. The molecule has 0 aliphatic carbocycles. The van der Waals surface area contributed by atoms with E-state index in [9.17, 15) is 19.5 Å². The van der Waals surface area contributed by atoms with Gasteiger partial charge in [0.05, 0.1) is 30.1 Å². The van der Waals surface area contributed by atoms with Gasteiger partial charge in [-0.3, -0.25) is 14.4 Å². The Labute approximate surface area is 224 Å². The number of fused-ring (bicyclic) bond motifs is 2. The number of benzene rings is 1. The Kier molecular flexibility index (Phi) is 6.99. The van der Waals surface area contributed by atoms with Gasteiger partial charge in [-0.15, -0.1) is 0 Å². The van der Waals surface area contributed by atoms with E-state index in [2.05, 4.69) is 6.92 Å². The highest BCUT2D eigenvalue weighted by atomic mass is 16.5. The lowest BCUT2D eigenvalue weighted by Crippen LogP contribution is -2.59. The van der Waals surface area contributed by atoms with Gasteiger partial charge in [-0.05, 0) is 38.8 Å². The number of ether oxygens (including phenoxy) is 1. The van der Waals surface area contributed by atoms with Gasteiger partial charge in [0.1, 0.15) is 11.6 Å². The molecule has 1 spiro atoms. The van der Waals surface area contributed by atoms with E-state index in [1.165, 1.54) is 0 Å². The Hall–Kier alpha value is -2.97. The molecule has 3 amide bonds. The first-order valence-corrected chi connectivity index (χ1v) is 13.9. The van der Waals surface area contributed by atoms with Crippen molar-refractivity contribution in [3.05, 3.63) is 54.6 Å². The highest BCUT2D eigenvalue weighted by molar-refractivity contribution is 6.04. The third kappa shape index (κ3) is 3.83. The van der Waals surface area contributed by atoms with Crippen LogP contribution < -0.4 is 4.90 Å². The Balaban J connectivity index is 1.65. The Morgan fingerprint density at radius 3 is 2.37 bits per heavy atom. The third-order valence-corrected chi connectivity index (χ3v) is 8.91. The first-order valence-electron chi connectivity index (χ1n) is 13.9. The van der Waals surface area contributed by atoms with Gasteiger partial charge >= 0.3 is 0 Å². The van der Waals surface area contributed by atoms with Crippen molar-refractivity contribution < 1.29 is 24.2 Å². The summed E-state index contributed by atoms with van der Waals surface area (Å²) in [4.78, 5) is 48.1. The number of hydrogen-bond acceptors (Lipinski definition) is 5. The SMILES string of the molecule is CCCC(C)N1CC=C[C@]23O[C@]4(C)C=CCN(c5ccccc5)C(=O)[C@@H]4[C@H]2C(=O)N([C@@H](CC)CO)C3C1=O. The number of amides is 3. The number of anilines is 1. The predicted octanol–water partition coefficient (Wildman–Crippen LogP) is 2.92. The van der Waals surface area contributed by atoms with Crippen LogP contribution in [0.5, 0.6) is 0 Å². The monoisotopic (exact) mass is 521 g/mol. The number of carbonyl (C=O) groups excluding carboxylic acids is 3. The molecule has 4 heterocycles. The van der Waals surface area contributed by atoms with Crippen LogP contribution >= 0.6 is 0 Å². The van der Waals surface area contributed by atoms with E-state index in [1.54, 1.807) is 9.80 Å². The summed E-state index contributed by atoms with van der Waals surface area (Å²) in [5.41, 5.74) is -1.63. The summed E-state index contributed by atoms with van der Waals surface area (Å²) in [5, 5.41) is 10.3. The number of aliphatic hydroxyl groups excluding tert-OH is 1. The maximum absolute atomic E-state index is 14.4. The minimum atomic E-state index is -1.31. The largest absolute Gasteiger partial charge is 0.394 e. The fourth-order valence-corrected chi connectivity index (χ4v) is 7.10. The molecule has 1 N–H and O–H groups in total. The zero-order valence-electron chi connectivity index (χ0n) is 22.7. The molecule has 2 fully saturated rings. The van der Waals surface area contributed by atoms with Crippen LogP contribution in [0, 0.1) is 11.8 Å². The lowest BCUT2D eigenvalue weighted by Gasteiger charge is -2.41. The molecule has 2 unspecified atom stereocenters. The van der Waals surface area contributed by atoms with Gasteiger partial charge in [-0.25, -0.2) is 0 Å². The molecule has 2 saturated heterocycles. The zero-order valence-corrected chi connectivity index (χ0v) is 22.7. The van der Waals surface area contributed by atoms with E-state index in [0.717, 1.165) is 18.5 Å². The van der Waals surface area contributed by atoms with Crippen molar-refractivity contribution in [2.75, 3.05) is 24.6 Å². The van der Waals surface area contributed by atoms with Crippen LogP contribution in [0.3, 0.4) is 0 Å². The molecule has 8 nitrogen and oxygen atoms in total. The van der Waals surface area contributed by atoms with Crippen LogP contribution in [-0.2, 0) is 19.1 Å². The zero-order chi connectivity index (χ0) is 27.2. The summed E-state index contributed by atoms with van der Waals surface area (Å²) >= 11 is 0. The molecular weight excluding hydrogens is 482 g/mol. The molecule has 1 aromatic carbocycles. The van der Waals surface area contributed by atoms with E-state index in [0.29, 0.717) is 19.5 Å². The predicted molar refractivity (Wildman–Crippen MR) is 144 cm³/mol. The standard InChI is InChI=1S/C30H39N3O5/c1-5-12-20(3)31-17-11-16-30-24(27(36)33(21(6-2)19-34)25(30)28(31)37)23-26(35)32(22-13-8-7-9-14-22)18-10-15-29(23,4)38-30/h7-11,13-16,20-21,23-25,34H,5-6,12,17-19H2,1-4H3/t20?,21-,23-,24-,25?,29+,30-/m0/s1. The molecule has 0 bridgehead atoms. The summed E-state index contributed by atoms with van der Waals surface area (Å²) < 4.78 is 6.87. The van der Waals surface area contributed by atoms with Crippen molar-refractivity contribution in [2.24, 2.45) is 11.8 Å². The molecule has 5 rings (SSSR count). The van der Waals surface area contributed by atoms with Gasteiger partial charge in [0.2, 0.25) is 17.7 Å². The van der Waals surface area contributed by atoms with Crippen LogP contribution in [0.15, 0.2) is 54.6 Å². The van der Waals surface area contributed by atoms with E-state index in [-0.39, 0.29) is 30.4 Å². The lowest BCUT2D eigenvalue weighted by molar-refractivity contribution is -0.155. The summed E-state index contributed by atoms with van der Waals surface area (Å²) in [6.45, 7) is 8.37. The first kappa shape index (κ1) is 26.6. The van der Waals surface area contributed by atoms with Crippen LogP contribution in [0.1, 0.15) is 47.0 Å². The van der Waals surface area contributed by atoms with Gasteiger partial charge in [0.25, 0.3) is 0 Å². The topological polar surface area (TPSA) is 90.4 Å². The van der Waals surface area contributed by atoms with Gasteiger partial charge in [0.15, 0.2) is 0 Å². The number of nitrogens with zero attached hydrogens (tertiary/aromatic N) is 3. The second-order valence-corrected chi connectivity index (χ2v) is 11.2. The molecule has 38 heavy (non-hydrogen) atoms. The summed E-state index contributed by atoms with van der Waals surface area (Å²) in [6, 6.07) is 7.90. The minimum Gasteiger partial charge on any atom is -0.394 e. The van der Waals surface area contributed by atoms with Crippen LogP contribution in [0.2, 0.25) is 0 Å². The molecule has 0 radical (unpaired) electrons. The molecule has 0 saturated carbocycles. The molecular formula is C30H39N3O5. The number of likely N-dealkylation sites (tertiary alicyclic amines) is 1. The number of para-hydroxylation sites is 1. The van der Waals surface area contributed by atoms with Crippen LogP contribution in [-0.4, -0.2) is 81.7 Å². The van der Waals surface area contributed by atoms with Crippen molar-refractivity contribution in [1.82, 2.24) is 9.80 Å². The normalized spacial score (nSPS) is 34.1. The van der Waals surface area contributed by atoms with Crippen molar-refractivity contribution in [1.29, 1.82) is 0 Å². The quantitative estimate of drug-likeness (QED) is 0.558. The second kappa shape index (κ2) is 9.97. The maximum Gasteiger partial charge on any atom is 0.249 e. The molecule has 7 atom stereocenters. The number of carbonyl (C=O) groups is 3. The van der Waals surface area contributed by atoms with Gasteiger partial charge < -0.3 is 24.5 Å². The molecule has 0 aromatic heterocycles. The van der Waals surface area contributed by atoms with Crippen LogP contribution in [0.4, 0.5) is 5.69 Å². The van der Waals surface area contributed by atoms with Crippen molar-refractivity contribution >= 4 is 23.4 Å². The summed E-state index contributed by atoms with van der Waals surface area (Å²) in [5.74, 6) is -2.40. The van der Waals surface area contributed by atoms with Crippen molar-refractivity contribution in [3.8, 4) is 0 Å². The average Bonchev–Trinajstić information content (AvgIpc) is 3.17. The van der Waals surface area contributed by atoms with Crippen LogP contribution in [0.25, 0.3) is 0 Å². The van der Waals surface area contributed by atoms with Crippen molar-refractivity contribution in [2.45, 2.75) is 76.3 Å².